The lowest BCUT2D eigenvalue weighted by Gasteiger charge is -2.01. The number of aryl methyl sites for hydroxylation is 1. The van der Waals surface area contributed by atoms with Crippen molar-refractivity contribution in [3.63, 3.8) is 0 Å². The molecule has 2 rings (SSSR count). The SMILES string of the molecule is CCc1cncnc1C1CC1. The summed E-state index contributed by atoms with van der Waals surface area (Å²) < 4.78 is 0. The highest BCUT2D eigenvalue weighted by Crippen LogP contribution is 2.40. The minimum absolute atomic E-state index is 0.757. The molecule has 0 amide bonds. The molecule has 1 fully saturated rings. The van der Waals surface area contributed by atoms with E-state index in [0.717, 1.165) is 12.3 Å². The summed E-state index contributed by atoms with van der Waals surface area (Å²) >= 11 is 0. The molecule has 0 spiro atoms. The second kappa shape index (κ2) is 2.61. The number of hydrogen-bond acceptors (Lipinski definition) is 2. The van der Waals surface area contributed by atoms with Crippen LogP contribution in [0, 0.1) is 0 Å². The van der Waals surface area contributed by atoms with Gasteiger partial charge in [-0.1, -0.05) is 6.92 Å². The molecule has 0 aliphatic heterocycles. The molecule has 2 heteroatoms. The summed E-state index contributed by atoms with van der Waals surface area (Å²) in [4.78, 5) is 8.32. The van der Waals surface area contributed by atoms with Gasteiger partial charge in [0.2, 0.25) is 0 Å². The summed E-state index contributed by atoms with van der Waals surface area (Å²) in [6, 6.07) is 0. The van der Waals surface area contributed by atoms with Gasteiger partial charge in [0.1, 0.15) is 6.33 Å². The van der Waals surface area contributed by atoms with Crippen LogP contribution < -0.4 is 0 Å². The van der Waals surface area contributed by atoms with Crippen molar-refractivity contribution < 1.29 is 0 Å². The van der Waals surface area contributed by atoms with Gasteiger partial charge in [0.05, 0.1) is 0 Å². The summed E-state index contributed by atoms with van der Waals surface area (Å²) in [5.41, 5.74) is 2.62. The molecule has 1 aliphatic rings. The maximum absolute atomic E-state index is 4.30. The highest BCUT2D eigenvalue weighted by Gasteiger charge is 2.26. The van der Waals surface area contributed by atoms with E-state index in [0.29, 0.717) is 0 Å². The highest BCUT2D eigenvalue weighted by atomic mass is 14.8. The Morgan fingerprint density at radius 1 is 1.55 bits per heavy atom. The van der Waals surface area contributed by atoms with Crippen LogP contribution in [0.1, 0.15) is 36.9 Å². The third-order valence-corrected chi connectivity index (χ3v) is 2.17. The van der Waals surface area contributed by atoms with Gasteiger partial charge in [0, 0.05) is 17.8 Å². The summed E-state index contributed by atoms with van der Waals surface area (Å²) in [5, 5.41) is 0. The van der Waals surface area contributed by atoms with Gasteiger partial charge in [-0.2, -0.15) is 0 Å². The van der Waals surface area contributed by atoms with Gasteiger partial charge in [0.15, 0.2) is 0 Å². The average Bonchev–Trinajstić information content (AvgIpc) is 2.87. The molecule has 0 aromatic carbocycles. The number of rotatable bonds is 2. The molecule has 1 saturated carbocycles. The topological polar surface area (TPSA) is 25.8 Å². The Hall–Kier alpha value is -0.920. The fraction of sp³-hybridized carbons (Fsp3) is 0.556. The molecule has 2 nitrogen and oxygen atoms in total. The number of nitrogens with zero attached hydrogens (tertiary/aromatic N) is 2. The van der Waals surface area contributed by atoms with Crippen molar-refractivity contribution in [3.05, 3.63) is 23.8 Å². The zero-order valence-corrected chi connectivity index (χ0v) is 6.75. The fourth-order valence-electron chi connectivity index (χ4n) is 1.36. The van der Waals surface area contributed by atoms with Crippen LogP contribution in [0.15, 0.2) is 12.5 Å². The molecule has 11 heavy (non-hydrogen) atoms. The largest absolute Gasteiger partial charge is 0.245 e. The van der Waals surface area contributed by atoms with Crippen molar-refractivity contribution in [2.75, 3.05) is 0 Å². The Kier molecular flexibility index (Phi) is 1.60. The first kappa shape index (κ1) is 6.77. The van der Waals surface area contributed by atoms with Crippen molar-refractivity contribution in [1.82, 2.24) is 9.97 Å². The van der Waals surface area contributed by atoms with Gasteiger partial charge in [-0.15, -0.1) is 0 Å². The standard InChI is InChI=1S/C9H12N2/c1-2-7-5-10-6-11-9(7)8-3-4-8/h5-6,8H,2-4H2,1H3. The molecule has 1 aliphatic carbocycles. The molecule has 0 atom stereocenters. The monoisotopic (exact) mass is 148 g/mol. The van der Waals surface area contributed by atoms with E-state index in [2.05, 4.69) is 16.9 Å². The molecule has 0 radical (unpaired) electrons. The molecular weight excluding hydrogens is 136 g/mol. The molecular formula is C9H12N2. The zero-order valence-electron chi connectivity index (χ0n) is 6.75. The lowest BCUT2D eigenvalue weighted by atomic mass is 10.1. The Balaban J connectivity index is 2.34. The van der Waals surface area contributed by atoms with Crippen LogP contribution >= 0.6 is 0 Å². The molecule has 0 saturated heterocycles. The first-order valence-electron chi connectivity index (χ1n) is 4.20. The van der Waals surface area contributed by atoms with Crippen LogP contribution in [0.5, 0.6) is 0 Å². The van der Waals surface area contributed by atoms with E-state index in [1.54, 1.807) is 6.33 Å². The molecule has 1 aromatic heterocycles. The van der Waals surface area contributed by atoms with Crippen LogP contribution in [0.2, 0.25) is 0 Å². The van der Waals surface area contributed by atoms with Gasteiger partial charge in [-0.25, -0.2) is 9.97 Å². The van der Waals surface area contributed by atoms with E-state index >= 15 is 0 Å². The highest BCUT2D eigenvalue weighted by molar-refractivity contribution is 5.23. The quantitative estimate of drug-likeness (QED) is 0.640. The van der Waals surface area contributed by atoms with Crippen molar-refractivity contribution in [2.45, 2.75) is 32.1 Å². The van der Waals surface area contributed by atoms with Crippen molar-refractivity contribution in [2.24, 2.45) is 0 Å². The van der Waals surface area contributed by atoms with E-state index in [1.165, 1.54) is 24.1 Å². The van der Waals surface area contributed by atoms with Crippen LogP contribution in [-0.4, -0.2) is 9.97 Å². The second-order valence-corrected chi connectivity index (χ2v) is 3.06. The Labute approximate surface area is 66.7 Å². The lowest BCUT2D eigenvalue weighted by Crippen LogP contribution is -1.95. The summed E-state index contributed by atoms with van der Waals surface area (Å²) in [6.07, 6.45) is 7.31. The predicted octanol–water partition coefficient (Wildman–Crippen LogP) is 1.92. The van der Waals surface area contributed by atoms with Crippen LogP contribution in [0.25, 0.3) is 0 Å². The Morgan fingerprint density at radius 2 is 2.36 bits per heavy atom. The lowest BCUT2D eigenvalue weighted by molar-refractivity contribution is 0.920. The average molecular weight is 148 g/mol. The van der Waals surface area contributed by atoms with E-state index in [1.807, 2.05) is 6.20 Å². The van der Waals surface area contributed by atoms with Crippen molar-refractivity contribution in [1.29, 1.82) is 0 Å². The van der Waals surface area contributed by atoms with Gasteiger partial charge >= 0.3 is 0 Å². The van der Waals surface area contributed by atoms with Crippen molar-refractivity contribution >= 4 is 0 Å². The second-order valence-electron chi connectivity index (χ2n) is 3.06. The third kappa shape index (κ3) is 1.25. The molecule has 0 unspecified atom stereocenters. The third-order valence-electron chi connectivity index (χ3n) is 2.17. The molecule has 0 N–H and O–H groups in total. The predicted molar refractivity (Wildman–Crippen MR) is 43.4 cm³/mol. The number of aromatic nitrogens is 2. The maximum Gasteiger partial charge on any atom is 0.115 e. The van der Waals surface area contributed by atoms with Gasteiger partial charge in [-0.05, 0) is 24.8 Å². The molecule has 58 valence electrons. The Morgan fingerprint density at radius 3 is 3.00 bits per heavy atom. The number of hydrogen-bond donors (Lipinski definition) is 0. The van der Waals surface area contributed by atoms with Gasteiger partial charge < -0.3 is 0 Å². The van der Waals surface area contributed by atoms with Crippen molar-refractivity contribution in [3.8, 4) is 0 Å². The van der Waals surface area contributed by atoms with Gasteiger partial charge in [-0.3, -0.25) is 0 Å². The van der Waals surface area contributed by atoms with Crippen LogP contribution in [0.4, 0.5) is 0 Å². The summed E-state index contributed by atoms with van der Waals surface area (Å²) in [7, 11) is 0. The summed E-state index contributed by atoms with van der Waals surface area (Å²) in [5.74, 6) is 0.757. The summed E-state index contributed by atoms with van der Waals surface area (Å²) in [6.45, 7) is 2.16. The molecule has 0 bridgehead atoms. The minimum atomic E-state index is 0.757. The normalized spacial score (nSPS) is 16.8. The smallest absolute Gasteiger partial charge is 0.115 e. The molecule has 1 aromatic rings. The van der Waals surface area contributed by atoms with Crippen LogP contribution in [-0.2, 0) is 6.42 Å². The fourth-order valence-corrected chi connectivity index (χ4v) is 1.36. The van der Waals surface area contributed by atoms with Gasteiger partial charge in [0.25, 0.3) is 0 Å². The minimum Gasteiger partial charge on any atom is -0.245 e. The first-order chi connectivity index (χ1) is 5.42. The maximum atomic E-state index is 4.30. The molecule has 1 heterocycles. The van der Waals surface area contributed by atoms with E-state index in [9.17, 15) is 0 Å². The Bertz CT molecular complexity index is 253. The zero-order chi connectivity index (χ0) is 7.68. The van der Waals surface area contributed by atoms with Crippen LogP contribution in [0.3, 0.4) is 0 Å². The van der Waals surface area contributed by atoms with E-state index in [-0.39, 0.29) is 0 Å². The first-order valence-corrected chi connectivity index (χ1v) is 4.20. The van der Waals surface area contributed by atoms with E-state index in [4.69, 9.17) is 0 Å². The van der Waals surface area contributed by atoms with E-state index < -0.39 is 0 Å².